The minimum atomic E-state index is -0.903. The van der Waals surface area contributed by atoms with Crippen LogP contribution in [0, 0.1) is 0 Å². The molecular weight excluding hydrogens is 407 g/mol. The lowest BCUT2D eigenvalue weighted by molar-refractivity contribution is -0.136. The number of carbonyl (C=O) groups is 2. The van der Waals surface area contributed by atoms with E-state index in [0.717, 1.165) is 0 Å². The summed E-state index contributed by atoms with van der Waals surface area (Å²) in [4.78, 5) is 29.6. The van der Waals surface area contributed by atoms with Gasteiger partial charge in [0, 0.05) is 5.75 Å². The van der Waals surface area contributed by atoms with Crippen LogP contribution in [-0.4, -0.2) is 27.9 Å². The maximum atomic E-state index is 13.0. The molecule has 1 amide bonds. The largest absolute Gasteiger partial charge is 0.481 e. The van der Waals surface area contributed by atoms with Crippen LogP contribution in [0.25, 0.3) is 6.08 Å². The third-order valence-electron chi connectivity index (χ3n) is 3.66. The molecule has 1 aliphatic heterocycles. The fourth-order valence-corrected chi connectivity index (χ4v) is 3.71. The first-order chi connectivity index (χ1) is 13.0. The molecule has 27 heavy (non-hydrogen) atoms. The first-order valence-corrected chi connectivity index (χ1v) is 9.70. The maximum Gasteiger partial charge on any atom is 0.304 e. The maximum absolute atomic E-state index is 13.0. The number of amides is 1. The van der Waals surface area contributed by atoms with Gasteiger partial charge in [-0.25, -0.2) is 4.99 Å². The smallest absolute Gasteiger partial charge is 0.304 e. The van der Waals surface area contributed by atoms with Gasteiger partial charge in [0.2, 0.25) is 0 Å². The van der Waals surface area contributed by atoms with Gasteiger partial charge in [0.25, 0.3) is 5.91 Å². The van der Waals surface area contributed by atoms with Crippen LogP contribution >= 0.6 is 35.0 Å². The Hall–Kier alpha value is -2.28. The summed E-state index contributed by atoms with van der Waals surface area (Å²) in [5.41, 5.74) is 1.45. The lowest BCUT2D eigenvalue weighted by Gasteiger charge is -2.17. The molecule has 1 aliphatic rings. The van der Waals surface area contributed by atoms with Crippen LogP contribution in [-0.2, 0) is 9.59 Å². The van der Waals surface area contributed by atoms with E-state index in [4.69, 9.17) is 28.3 Å². The molecule has 0 saturated carbocycles. The molecule has 0 bridgehead atoms. The zero-order chi connectivity index (χ0) is 19.4. The molecule has 1 N–H and O–H groups in total. The zero-order valence-corrected chi connectivity index (χ0v) is 16.3. The van der Waals surface area contributed by atoms with E-state index >= 15 is 0 Å². The van der Waals surface area contributed by atoms with E-state index in [1.54, 1.807) is 36.4 Å². The summed E-state index contributed by atoms with van der Waals surface area (Å²) in [6.45, 7) is 0. The summed E-state index contributed by atoms with van der Waals surface area (Å²) in [5.74, 6) is -0.911. The fourth-order valence-electron chi connectivity index (χ4n) is 2.41. The number of hydrogen-bond donors (Lipinski definition) is 1. The second-order valence-electron chi connectivity index (χ2n) is 5.54. The van der Waals surface area contributed by atoms with E-state index in [2.05, 4.69) is 4.99 Å². The molecule has 1 heterocycles. The van der Waals surface area contributed by atoms with Gasteiger partial charge in [0.05, 0.1) is 22.2 Å². The Labute approximate surface area is 170 Å². The van der Waals surface area contributed by atoms with E-state index in [-0.39, 0.29) is 18.0 Å². The number of carboxylic acid groups (broad SMARTS) is 1. The quantitative estimate of drug-likeness (QED) is 0.694. The standard InChI is InChI=1S/C19H14Cl2N2O3S/c20-14-8-4-5-12(17(14)21)11-15-18(26)23(13-6-2-1-3-7-13)19(22-15)27-10-9-16(24)25/h1-8,11H,9-10H2,(H,24,25)/b15-11+. The monoisotopic (exact) mass is 420 g/mol. The molecule has 0 unspecified atom stereocenters. The van der Waals surface area contributed by atoms with Crippen molar-refractivity contribution in [1.82, 2.24) is 0 Å². The van der Waals surface area contributed by atoms with Crippen LogP contribution in [0.4, 0.5) is 5.69 Å². The van der Waals surface area contributed by atoms with E-state index in [9.17, 15) is 9.59 Å². The Morgan fingerprint density at radius 1 is 1.15 bits per heavy atom. The summed E-state index contributed by atoms with van der Waals surface area (Å²) in [7, 11) is 0. The minimum Gasteiger partial charge on any atom is -0.481 e. The van der Waals surface area contributed by atoms with Gasteiger partial charge in [0.1, 0.15) is 5.70 Å². The Bertz CT molecular complexity index is 945. The Kier molecular flexibility index (Phi) is 6.21. The molecule has 0 saturated heterocycles. The van der Waals surface area contributed by atoms with Crippen molar-refractivity contribution in [3.63, 3.8) is 0 Å². The Morgan fingerprint density at radius 3 is 2.59 bits per heavy atom. The molecular formula is C19H14Cl2N2O3S. The first-order valence-electron chi connectivity index (χ1n) is 7.96. The van der Waals surface area contributed by atoms with Crippen molar-refractivity contribution in [2.24, 2.45) is 4.99 Å². The van der Waals surface area contributed by atoms with Gasteiger partial charge in [-0.05, 0) is 29.8 Å². The second-order valence-corrected chi connectivity index (χ2v) is 7.38. The lowest BCUT2D eigenvalue weighted by atomic mass is 10.2. The third-order valence-corrected chi connectivity index (χ3v) is 5.44. The van der Waals surface area contributed by atoms with Crippen LogP contribution in [0.1, 0.15) is 12.0 Å². The molecule has 2 aromatic carbocycles. The van der Waals surface area contributed by atoms with Crippen LogP contribution in [0.2, 0.25) is 10.0 Å². The number of benzene rings is 2. The van der Waals surface area contributed by atoms with E-state index < -0.39 is 5.97 Å². The summed E-state index contributed by atoms with van der Waals surface area (Å²) >= 11 is 13.5. The number of thioether (sulfide) groups is 1. The second kappa shape index (κ2) is 8.61. The molecule has 0 radical (unpaired) electrons. The van der Waals surface area contributed by atoms with Crippen LogP contribution in [0.3, 0.4) is 0 Å². The summed E-state index contributed by atoms with van der Waals surface area (Å²) in [5, 5.41) is 10.0. The van der Waals surface area contributed by atoms with Gasteiger partial charge in [-0.15, -0.1) is 0 Å². The molecule has 3 rings (SSSR count). The van der Waals surface area contributed by atoms with Gasteiger partial charge in [0.15, 0.2) is 5.17 Å². The fraction of sp³-hybridized carbons (Fsp3) is 0.105. The van der Waals surface area contributed by atoms with Gasteiger partial charge >= 0.3 is 5.97 Å². The number of carboxylic acids is 1. The number of aliphatic imine (C=N–C) groups is 1. The number of aliphatic carboxylic acids is 1. The molecule has 0 atom stereocenters. The SMILES string of the molecule is O=C(O)CCSC1=N/C(=C/c2cccc(Cl)c2Cl)C(=O)N1c1ccccc1. The van der Waals surface area contributed by atoms with Crippen molar-refractivity contribution in [1.29, 1.82) is 0 Å². The summed E-state index contributed by atoms with van der Waals surface area (Å²) in [6.07, 6.45) is 1.55. The van der Waals surface area contributed by atoms with Crippen LogP contribution in [0.15, 0.2) is 59.2 Å². The highest BCUT2D eigenvalue weighted by Gasteiger charge is 2.32. The van der Waals surface area contributed by atoms with Crippen molar-refractivity contribution in [2.45, 2.75) is 6.42 Å². The van der Waals surface area contributed by atoms with E-state index in [1.807, 2.05) is 18.2 Å². The van der Waals surface area contributed by atoms with Gasteiger partial charge < -0.3 is 5.11 Å². The number of rotatable bonds is 5. The topological polar surface area (TPSA) is 70.0 Å². The highest BCUT2D eigenvalue weighted by atomic mass is 35.5. The van der Waals surface area contributed by atoms with Crippen molar-refractivity contribution in [3.05, 3.63) is 69.8 Å². The predicted octanol–water partition coefficient (Wildman–Crippen LogP) is 4.95. The van der Waals surface area contributed by atoms with Gasteiger partial charge in [-0.3, -0.25) is 14.5 Å². The van der Waals surface area contributed by atoms with Crippen molar-refractivity contribution >= 4 is 63.8 Å². The van der Waals surface area contributed by atoms with Crippen molar-refractivity contribution in [2.75, 3.05) is 10.7 Å². The molecule has 0 aromatic heterocycles. The number of amidine groups is 1. The number of hydrogen-bond acceptors (Lipinski definition) is 4. The highest BCUT2D eigenvalue weighted by molar-refractivity contribution is 8.14. The van der Waals surface area contributed by atoms with E-state index in [1.165, 1.54) is 16.7 Å². The third kappa shape index (κ3) is 4.53. The summed E-state index contributed by atoms with van der Waals surface area (Å²) in [6, 6.07) is 14.2. The first kappa shape index (κ1) is 19.5. The van der Waals surface area contributed by atoms with Crippen LogP contribution in [0.5, 0.6) is 0 Å². The average Bonchev–Trinajstić information content (AvgIpc) is 2.95. The number of carbonyl (C=O) groups excluding carboxylic acids is 1. The number of halogens is 2. The normalized spacial score (nSPS) is 15.3. The van der Waals surface area contributed by atoms with Crippen molar-refractivity contribution in [3.8, 4) is 0 Å². The summed E-state index contributed by atoms with van der Waals surface area (Å²) < 4.78 is 0. The van der Waals surface area contributed by atoms with E-state index in [0.29, 0.717) is 32.2 Å². The number of para-hydroxylation sites is 1. The molecule has 5 nitrogen and oxygen atoms in total. The average molecular weight is 421 g/mol. The minimum absolute atomic E-state index is 0.0281. The Morgan fingerprint density at radius 2 is 1.89 bits per heavy atom. The highest BCUT2D eigenvalue weighted by Crippen LogP contribution is 2.32. The molecule has 138 valence electrons. The predicted molar refractivity (Wildman–Crippen MR) is 111 cm³/mol. The number of nitrogens with zero attached hydrogens (tertiary/aromatic N) is 2. The zero-order valence-electron chi connectivity index (χ0n) is 13.9. The lowest BCUT2D eigenvalue weighted by Crippen LogP contribution is -2.30. The number of anilines is 1. The van der Waals surface area contributed by atoms with Crippen LogP contribution < -0.4 is 4.90 Å². The van der Waals surface area contributed by atoms with Gasteiger partial charge in [-0.2, -0.15) is 0 Å². The molecule has 0 aliphatic carbocycles. The molecule has 0 spiro atoms. The molecule has 0 fully saturated rings. The molecule has 2 aromatic rings. The van der Waals surface area contributed by atoms with Crippen molar-refractivity contribution < 1.29 is 14.7 Å². The molecule has 8 heteroatoms. The Balaban J connectivity index is 1.96. The van der Waals surface area contributed by atoms with Gasteiger partial charge in [-0.1, -0.05) is 65.3 Å².